The number of para-hydroxylation sites is 1. The van der Waals surface area contributed by atoms with E-state index in [0.29, 0.717) is 17.9 Å². The summed E-state index contributed by atoms with van der Waals surface area (Å²) in [7, 11) is 0. The van der Waals surface area contributed by atoms with Crippen LogP contribution in [0.2, 0.25) is 0 Å². The number of carbonyl (C=O) groups excluding carboxylic acids is 1. The Kier molecular flexibility index (Phi) is 5.51. The van der Waals surface area contributed by atoms with Crippen LogP contribution in [0.4, 0.5) is 0 Å². The Morgan fingerprint density at radius 3 is 2.59 bits per heavy atom. The lowest BCUT2D eigenvalue weighted by Crippen LogP contribution is -2.12. The van der Waals surface area contributed by atoms with Crippen molar-refractivity contribution in [2.45, 2.75) is 33.8 Å². The summed E-state index contributed by atoms with van der Waals surface area (Å²) in [6, 6.07) is 13.7. The van der Waals surface area contributed by atoms with Gasteiger partial charge in [0, 0.05) is 16.8 Å². The molecule has 0 aliphatic rings. The molecular weight excluding hydrogens is 342 g/mol. The molecule has 0 bridgehead atoms. The first-order chi connectivity index (χ1) is 12.9. The van der Waals surface area contributed by atoms with E-state index >= 15 is 0 Å². The number of ether oxygens (including phenoxy) is 2. The molecule has 0 spiro atoms. The third kappa shape index (κ3) is 3.69. The molecule has 1 N–H and O–H groups in total. The van der Waals surface area contributed by atoms with E-state index in [4.69, 9.17) is 9.47 Å². The zero-order chi connectivity index (χ0) is 19.6. The maximum Gasteiger partial charge on any atom is 0.340 e. The number of hydrogen-bond acceptors (Lipinski definition) is 4. The predicted octanol–water partition coefficient (Wildman–Crippen LogP) is 4.18. The van der Waals surface area contributed by atoms with Gasteiger partial charge in [-0.15, -0.1) is 0 Å². The van der Waals surface area contributed by atoms with E-state index < -0.39 is 6.10 Å². The van der Waals surface area contributed by atoms with Crippen molar-refractivity contribution >= 4 is 16.9 Å². The molecule has 0 fully saturated rings. The molecule has 0 amide bonds. The van der Waals surface area contributed by atoms with E-state index in [1.165, 1.54) is 0 Å². The maximum atomic E-state index is 12.7. The summed E-state index contributed by atoms with van der Waals surface area (Å²) >= 11 is 0. The van der Waals surface area contributed by atoms with Crippen molar-refractivity contribution in [3.8, 4) is 11.4 Å². The zero-order valence-corrected chi connectivity index (χ0v) is 16.2. The lowest BCUT2D eigenvalue weighted by molar-refractivity contribution is 0.0527. The van der Waals surface area contributed by atoms with Crippen LogP contribution in [0.5, 0.6) is 5.75 Å². The lowest BCUT2D eigenvalue weighted by Gasteiger charge is -2.12. The van der Waals surface area contributed by atoms with E-state index in [-0.39, 0.29) is 12.6 Å². The highest BCUT2D eigenvalue weighted by atomic mass is 16.5. The first-order valence-electron chi connectivity index (χ1n) is 9.13. The highest BCUT2D eigenvalue weighted by Gasteiger charge is 2.23. The van der Waals surface area contributed by atoms with Gasteiger partial charge in [0.25, 0.3) is 0 Å². The highest BCUT2D eigenvalue weighted by molar-refractivity contribution is 6.07. The topological polar surface area (TPSA) is 60.7 Å². The van der Waals surface area contributed by atoms with Gasteiger partial charge in [-0.05, 0) is 57.5 Å². The number of hydrogen-bond donors (Lipinski definition) is 1. The second-order valence-electron chi connectivity index (χ2n) is 6.64. The Morgan fingerprint density at radius 2 is 1.93 bits per heavy atom. The van der Waals surface area contributed by atoms with Crippen LogP contribution < -0.4 is 4.74 Å². The van der Waals surface area contributed by atoms with Crippen molar-refractivity contribution in [2.24, 2.45) is 0 Å². The molecule has 1 aromatic heterocycles. The first-order valence-corrected chi connectivity index (χ1v) is 9.13. The van der Waals surface area contributed by atoms with Crippen molar-refractivity contribution in [1.82, 2.24) is 4.57 Å². The molecule has 2 aromatic carbocycles. The maximum absolute atomic E-state index is 12.7. The van der Waals surface area contributed by atoms with Crippen molar-refractivity contribution in [2.75, 3.05) is 13.2 Å². The SMILES string of the molecule is CCOC(=O)c1c(C)n(-c2ccccc2C)c2ccc(OCC(C)O)cc12. The smallest absolute Gasteiger partial charge is 0.340 e. The molecule has 27 heavy (non-hydrogen) atoms. The Morgan fingerprint density at radius 1 is 1.19 bits per heavy atom. The van der Waals surface area contributed by atoms with Gasteiger partial charge in [-0.1, -0.05) is 18.2 Å². The predicted molar refractivity (Wildman–Crippen MR) is 106 cm³/mol. The Balaban J connectivity index is 2.23. The molecule has 1 atom stereocenters. The summed E-state index contributed by atoms with van der Waals surface area (Å²) in [5, 5.41) is 10.2. The largest absolute Gasteiger partial charge is 0.491 e. The molecule has 3 rings (SSSR count). The van der Waals surface area contributed by atoms with E-state index in [2.05, 4.69) is 4.57 Å². The molecule has 1 unspecified atom stereocenters. The van der Waals surface area contributed by atoms with E-state index in [0.717, 1.165) is 27.8 Å². The summed E-state index contributed by atoms with van der Waals surface area (Å²) in [6.45, 7) is 7.94. The van der Waals surface area contributed by atoms with Gasteiger partial charge in [0.05, 0.1) is 23.8 Å². The van der Waals surface area contributed by atoms with Gasteiger partial charge in [0.15, 0.2) is 0 Å². The normalized spacial score (nSPS) is 12.2. The van der Waals surface area contributed by atoms with E-state index in [9.17, 15) is 9.90 Å². The monoisotopic (exact) mass is 367 g/mol. The van der Waals surface area contributed by atoms with E-state index in [1.54, 1.807) is 13.8 Å². The standard InChI is InChI=1S/C22H25NO4/c1-5-26-22(25)21-16(4)23(19-9-7-6-8-14(19)2)20-11-10-17(12-18(20)21)27-13-15(3)24/h6-12,15,24H,5,13H2,1-4H3. The fourth-order valence-electron chi connectivity index (χ4n) is 3.29. The third-order valence-corrected chi connectivity index (χ3v) is 4.50. The van der Waals surface area contributed by atoms with Gasteiger partial charge >= 0.3 is 5.97 Å². The number of esters is 1. The number of aryl methyl sites for hydroxylation is 1. The van der Waals surface area contributed by atoms with Crippen molar-refractivity contribution in [3.63, 3.8) is 0 Å². The number of carbonyl (C=O) groups is 1. The van der Waals surface area contributed by atoms with Crippen LogP contribution in [-0.4, -0.2) is 35.0 Å². The molecule has 142 valence electrons. The molecule has 5 nitrogen and oxygen atoms in total. The Labute approximate surface area is 159 Å². The molecule has 0 saturated carbocycles. The van der Waals surface area contributed by atoms with Gasteiger partial charge in [-0.2, -0.15) is 0 Å². The minimum atomic E-state index is -0.566. The number of rotatable bonds is 6. The number of fused-ring (bicyclic) bond motifs is 1. The average Bonchev–Trinajstić information content (AvgIpc) is 2.92. The van der Waals surface area contributed by atoms with Gasteiger partial charge in [-0.25, -0.2) is 4.79 Å². The Bertz CT molecular complexity index is 972. The lowest BCUT2D eigenvalue weighted by atomic mass is 10.1. The fourth-order valence-corrected chi connectivity index (χ4v) is 3.29. The second kappa shape index (κ2) is 7.84. The zero-order valence-electron chi connectivity index (χ0n) is 16.2. The second-order valence-corrected chi connectivity index (χ2v) is 6.64. The fraction of sp³-hybridized carbons (Fsp3) is 0.318. The molecule has 0 saturated heterocycles. The van der Waals surface area contributed by atoms with Crippen LogP contribution in [0.3, 0.4) is 0 Å². The third-order valence-electron chi connectivity index (χ3n) is 4.50. The van der Waals surface area contributed by atoms with Crippen molar-refractivity contribution < 1.29 is 19.4 Å². The minimum Gasteiger partial charge on any atom is -0.491 e. The number of aliphatic hydroxyl groups is 1. The van der Waals surface area contributed by atoms with Gasteiger partial charge in [0.2, 0.25) is 0 Å². The van der Waals surface area contributed by atoms with Crippen LogP contribution >= 0.6 is 0 Å². The molecule has 5 heteroatoms. The average molecular weight is 367 g/mol. The van der Waals surface area contributed by atoms with Crippen LogP contribution in [-0.2, 0) is 4.74 Å². The first kappa shape index (κ1) is 19.0. The molecule has 0 aliphatic heterocycles. The van der Waals surface area contributed by atoms with E-state index in [1.807, 2.05) is 56.3 Å². The van der Waals surface area contributed by atoms with Gasteiger partial charge in [0.1, 0.15) is 12.4 Å². The Hall–Kier alpha value is -2.79. The molecule has 1 heterocycles. The van der Waals surface area contributed by atoms with Gasteiger partial charge < -0.3 is 19.1 Å². The molecule has 0 radical (unpaired) electrons. The van der Waals surface area contributed by atoms with Crippen LogP contribution in [0.15, 0.2) is 42.5 Å². The van der Waals surface area contributed by atoms with Crippen LogP contribution in [0.1, 0.15) is 35.5 Å². The summed E-state index contributed by atoms with van der Waals surface area (Å²) in [5.74, 6) is 0.260. The number of aliphatic hydroxyl groups excluding tert-OH is 1. The number of nitrogens with zero attached hydrogens (tertiary/aromatic N) is 1. The van der Waals surface area contributed by atoms with Gasteiger partial charge in [-0.3, -0.25) is 0 Å². The quantitative estimate of drug-likeness (QED) is 0.664. The van der Waals surface area contributed by atoms with Crippen LogP contribution in [0.25, 0.3) is 16.6 Å². The molecule has 3 aromatic rings. The van der Waals surface area contributed by atoms with Crippen molar-refractivity contribution in [3.05, 3.63) is 59.3 Å². The molecule has 0 aliphatic carbocycles. The number of benzene rings is 2. The van der Waals surface area contributed by atoms with Crippen LogP contribution in [0, 0.1) is 13.8 Å². The summed E-state index contributed by atoms with van der Waals surface area (Å²) < 4.78 is 13.0. The summed E-state index contributed by atoms with van der Waals surface area (Å²) in [6.07, 6.45) is -0.566. The minimum absolute atomic E-state index is 0.192. The summed E-state index contributed by atoms with van der Waals surface area (Å²) in [5.41, 5.74) is 4.41. The van der Waals surface area contributed by atoms with Crippen molar-refractivity contribution in [1.29, 1.82) is 0 Å². The molecular formula is C22H25NO4. The number of aromatic nitrogens is 1. The summed E-state index contributed by atoms with van der Waals surface area (Å²) in [4.78, 5) is 12.7. The highest BCUT2D eigenvalue weighted by Crippen LogP contribution is 2.33.